The molecule has 0 atom stereocenters. The molecule has 0 aliphatic heterocycles. The molecule has 0 amide bonds. The fourth-order valence-electron chi connectivity index (χ4n) is 1.44. The molecule has 0 radical (unpaired) electrons. The van der Waals surface area contributed by atoms with E-state index in [1.807, 2.05) is 37.5 Å². The van der Waals surface area contributed by atoms with Crippen molar-refractivity contribution in [3.63, 3.8) is 0 Å². The van der Waals surface area contributed by atoms with Gasteiger partial charge in [0.25, 0.3) is 0 Å². The maximum atomic E-state index is 4.14. The summed E-state index contributed by atoms with van der Waals surface area (Å²) in [7, 11) is 0. The zero-order chi connectivity index (χ0) is 11.2. The van der Waals surface area contributed by atoms with Crippen LogP contribution < -0.4 is 5.32 Å². The van der Waals surface area contributed by atoms with Gasteiger partial charge in [-0.3, -0.25) is 4.98 Å². The summed E-state index contributed by atoms with van der Waals surface area (Å²) >= 11 is 0. The molecule has 0 aliphatic carbocycles. The molecule has 0 fully saturated rings. The van der Waals surface area contributed by atoms with Gasteiger partial charge in [-0.2, -0.15) is 0 Å². The Morgan fingerprint density at radius 1 is 1.19 bits per heavy atom. The topological polar surface area (TPSA) is 50.7 Å². The minimum absolute atomic E-state index is 0.862. The van der Waals surface area contributed by atoms with E-state index in [0.717, 1.165) is 24.5 Å². The number of pyridine rings is 1. The fraction of sp³-hybridized carbons (Fsp3) is 0.250. The zero-order valence-electron chi connectivity index (χ0n) is 9.22. The summed E-state index contributed by atoms with van der Waals surface area (Å²) in [5.74, 6) is 0.876. The molecule has 0 aliphatic rings. The molecule has 0 bridgehead atoms. The van der Waals surface area contributed by atoms with Crippen molar-refractivity contribution in [1.82, 2.24) is 15.0 Å². The predicted octanol–water partition coefficient (Wildman–Crippen LogP) is 1.83. The average Bonchev–Trinajstić information content (AvgIpc) is 2.30. The molecule has 0 saturated carbocycles. The molecule has 0 aromatic carbocycles. The van der Waals surface area contributed by atoms with E-state index in [9.17, 15) is 0 Å². The first-order valence-electron chi connectivity index (χ1n) is 5.26. The second-order valence-electron chi connectivity index (χ2n) is 3.58. The van der Waals surface area contributed by atoms with Crippen molar-refractivity contribution in [2.45, 2.75) is 13.3 Å². The monoisotopic (exact) mass is 214 g/mol. The van der Waals surface area contributed by atoms with Crippen LogP contribution in [-0.4, -0.2) is 21.5 Å². The van der Waals surface area contributed by atoms with Gasteiger partial charge in [0.15, 0.2) is 0 Å². The van der Waals surface area contributed by atoms with Gasteiger partial charge >= 0.3 is 0 Å². The maximum Gasteiger partial charge on any atom is 0.129 e. The number of rotatable bonds is 4. The number of hydrogen-bond donors (Lipinski definition) is 1. The molecular formula is C12H14N4. The summed E-state index contributed by atoms with van der Waals surface area (Å²) in [5, 5.41) is 3.26. The van der Waals surface area contributed by atoms with Gasteiger partial charge in [-0.1, -0.05) is 0 Å². The standard InChI is InChI=1S/C12H14N4/c1-10-8-12(16-9-15-10)14-7-4-11-2-5-13-6-3-11/h2-3,5-6,8-9H,4,7H2,1H3,(H,14,15,16). The molecule has 2 aromatic rings. The van der Waals surface area contributed by atoms with E-state index < -0.39 is 0 Å². The second-order valence-corrected chi connectivity index (χ2v) is 3.58. The van der Waals surface area contributed by atoms with Crippen LogP contribution in [0.4, 0.5) is 5.82 Å². The summed E-state index contributed by atoms with van der Waals surface area (Å²) < 4.78 is 0. The average molecular weight is 214 g/mol. The Balaban J connectivity index is 1.85. The lowest BCUT2D eigenvalue weighted by atomic mass is 10.2. The molecule has 4 heteroatoms. The Bertz CT molecular complexity index is 442. The number of nitrogens with zero attached hydrogens (tertiary/aromatic N) is 3. The van der Waals surface area contributed by atoms with Crippen LogP contribution in [0.15, 0.2) is 36.9 Å². The van der Waals surface area contributed by atoms with Crippen molar-refractivity contribution in [2.75, 3.05) is 11.9 Å². The predicted molar refractivity (Wildman–Crippen MR) is 63.2 cm³/mol. The molecule has 1 N–H and O–H groups in total. The van der Waals surface area contributed by atoms with Crippen LogP contribution >= 0.6 is 0 Å². The first-order chi connectivity index (χ1) is 7.84. The lowest BCUT2D eigenvalue weighted by molar-refractivity contribution is 0.988. The maximum absolute atomic E-state index is 4.14. The van der Waals surface area contributed by atoms with E-state index in [4.69, 9.17) is 0 Å². The molecule has 2 aromatic heterocycles. The fourth-order valence-corrected chi connectivity index (χ4v) is 1.44. The number of nitrogens with one attached hydrogen (secondary N) is 1. The summed E-state index contributed by atoms with van der Waals surface area (Å²) in [6.45, 7) is 2.82. The Labute approximate surface area is 94.8 Å². The third kappa shape index (κ3) is 3.02. The highest BCUT2D eigenvalue weighted by atomic mass is 15.0. The highest BCUT2D eigenvalue weighted by Gasteiger charge is 1.95. The van der Waals surface area contributed by atoms with Crippen LogP contribution in [0.25, 0.3) is 0 Å². The van der Waals surface area contributed by atoms with Crippen LogP contribution in [0.3, 0.4) is 0 Å². The van der Waals surface area contributed by atoms with Crippen molar-refractivity contribution in [3.05, 3.63) is 48.2 Å². The molecule has 16 heavy (non-hydrogen) atoms. The summed E-state index contributed by atoms with van der Waals surface area (Å²) in [5.41, 5.74) is 2.25. The quantitative estimate of drug-likeness (QED) is 0.843. The minimum atomic E-state index is 0.862. The normalized spacial score (nSPS) is 10.1. The number of hydrogen-bond acceptors (Lipinski definition) is 4. The Kier molecular flexibility index (Phi) is 3.43. The third-order valence-corrected chi connectivity index (χ3v) is 2.27. The van der Waals surface area contributed by atoms with Gasteiger partial charge in [0.2, 0.25) is 0 Å². The number of aryl methyl sites for hydroxylation is 1. The highest BCUT2D eigenvalue weighted by Crippen LogP contribution is 2.03. The van der Waals surface area contributed by atoms with Crippen molar-refractivity contribution in [2.24, 2.45) is 0 Å². The van der Waals surface area contributed by atoms with E-state index in [2.05, 4.69) is 20.3 Å². The molecule has 0 unspecified atom stereocenters. The Morgan fingerprint density at radius 3 is 2.75 bits per heavy atom. The summed E-state index contributed by atoms with van der Waals surface area (Å²) in [6, 6.07) is 5.98. The molecule has 4 nitrogen and oxygen atoms in total. The van der Waals surface area contributed by atoms with Crippen LogP contribution in [-0.2, 0) is 6.42 Å². The molecule has 2 rings (SSSR count). The van der Waals surface area contributed by atoms with E-state index in [0.29, 0.717) is 0 Å². The third-order valence-electron chi connectivity index (χ3n) is 2.27. The lowest BCUT2D eigenvalue weighted by Crippen LogP contribution is -2.06. The highest BCUT2D eigenvalue weighted by molar-refractivity contribution is 5.34. The van der Waals surface area contributed by atoms with Crippen molar-refractivity contribution >= 4 is 5.82 Å². The summed E-state index contributed by atoms with van der Waals surface area (Å²) in [4.78, 5) is 12.2. The van der Waals surface area contributed by atoms with E-state index in [1.165, 1.54) is 5.56 Å². The molecule has 0 saturated heterocycles. The van der Waals surface area contributed by atoms with E-state index >= 15 is 0 Å². The zero-order valence-corrected chi connectivity index (χ0v) is 9.22. The van der Waals surface area contributed by atoms with Gasteiger partial charge in [0.05, 0.1) is 0 Å². The van der Waals surface area contributed by atoms with Gasteiger partial charge in [-0.25, -0.2) is 9.97 Å². The molecule has 82 valence electrons. The summed E-state index contributed by atoms with van der Waals surface area (Å²) in [6.07, 6.45) is 6.16. The molecular weight excluding hydrogens is 200 g/mol. The second kappa shape index (κ2) is 5.21. The Morgan fingerprint density at radius 2 is 2.00 bits per heavy atom. The van der Waals surface area contributed by atoms with Crippen molar-refractivity contribution in [3.8, 4) is 0 Å². The van der Waals surface area contributed by atoms with Crippen LogP contribution in [0.1, 0.15) is 11.3 Å². The van der Waals surface area contributed by atoms with Gasteiger partial charge < -0.3 is 5.32 Å². The van der Waals surface area contributed by atoms with Gasteiger partial charge in [-0.05, 0) is 31.0 Å². The SMILES string of the molecule is Cc1cc(NCCc2ccncc2)ncn1. The van der Waals surface area contributed by atoms with Crippen molar-refractivity contribution < 1.29 is 0 Å². The van der Waals surface area contributed by atoms with E-state index in [-0.39, 0.29) is 0 Å². The van der Waals surface area contributed by atoms with Crippen LogP contribution in [0, 0.1) is 6.92 Å². The smallest absolute Gasteiger partial charge is 0.129 e. The van der Waals surface area contributed by atoms with Crippen LogP contribution in [0.5, 0.6) is 0 Å². The van der Waals surface area contributed by atoms with Gasteiger partial charge in [0, 0.05) is 30.7 Å². The van der Waals surface area contributed by atoms with Gasteiger partial charge in [0.1, 0.15) is 12.1 Å². The Hall–Kier alpha value is -1.97. The molecule has 0 spiro atoms. The minimum Gasteiger partial charge on any atom is -0.370 e. The largest absolute Gasteiger partial charge is 0.370 e. The molecule has 2 heterocycles. The van der Waals surface area contributed by atoms with E-state index in [1.54, 1.807) is 6.33 Å². The lowest BCUT2D eigenvalue weighted by Gasteiger charge is -2.05. The first-order valence-corrected chi connectivity index (χ1v) is 5.26. The number of aromatic nitrogens is 3. The van der Waals surface area contributed by atoms with Crippen molar-refractivity contribution in [1.29, 1.82) is 0 Å². The first kappa shape index (κ1) is 10.5. The van der Waals surface area contributed by atoms with Crippen LogP contribution in [0.2, 0.25) is 0 Å². The van der Waals surface area contributed by atoms with Gasteiger partial charge in [-0.15, -0.1) is 0 Å². The number of anilines is 1.